The molecule has 0 aliphatic heterocycles. The average molecular weight is 917 g/mol. The number of rotatable bonds is 7. The van der Waals surface area contributed by atoms with E-state index in [-0.39, 0.29) is 0 Å². The fraction of sp³-hybridized carbons (Fsp3) is 0. The maximum absolute atomic E-state index is 5.41. The van der Waals surface area contributed by atoms with Gasteiger partial charge in [0.25, 0.3) is 0 Å². The van der Waals surface area contributed by atoms with Crippen LogP contribution < -0.4 is 0 Å². The van der Waals surface area contributed by atoms with Crippen molar-refractivity contribution in [1.82, 2.24) is 29.9 Å². The van der Waals surface area contributed by atoms with Crippen LogP contribution in [0.3, 0.4) is 0 Å². The lowest BCUT2D eigenvalue weighted by molar-refractivity contribution is 1.00. The zero-order valence-electron chi connectivity index (χ0n) is 38.8. The summed E-state index contributed by atoms with van der Waals surface area (Å²) in [5, 5.41) is 13.8. The standard InChI is InChI=1S/C66H40N6/c1-2-18-43(19-3-1)61-67-64(72-65(69-61)66-70-62(50-32-30-41-16-4-6-20-44(41)34-50)68-63(71-66)51-33-31-42-17-5-7-21-45(42)35-51)54-39-52(59-55-26-12-8-22-46(55)36-47-23-9-13-27-56(47)59)38-53(40-54)60-57-28-14-10-24-48(57)37-49-25-11-15-29-58(49)60/h1-40H. The van der Waals surface area contributed by atoms with Crippen LogP contribution in [0.5, 0.6) is 0 Å². The molecule has 0 fully saturated rings. The molecule has 0 N–H and O–H groups in total. The van der Waals surface area contributed by atoms with Gasteiger partial charge in [-0.05, 0) is 129 Å². The van der Waals surface area contributed by atoms with Crippen molar-refractivity contribution in [2.75, 3.05) is 0 Å². The van der Waals surface area contributed by atoms with E-state index in [1.165, 1.54) is 21.5 Å². The molecule has 0 radical (unpaired) electrons. The minimum atomic E-state index is 0.337. The molecule has 0 aliphatic carbocycles. The highest BCUT2D eigenvalue weighted by Gasteiger charge is 2.22. The SMILES string of the molecule is c1ccc(-c2nc(-c3cc(-c4c5ccccc5cc5ccccc45)cc(-c4c5ccccc5cc5ccccc45)c3)nc(-c3nc(-c4ccc5ccccc5c4)nc(-c4ccc5ccccc5c4)n3)n2)cc1. The Bertz CT molecular complexity index is 4130. The molecule has 0 aliphatic rings. The van der Waals surface area contributed by atoms with E-state index >= 15 is 0 Å². The third-order valence-corrected chi connectivity index (χ3v) is 13.8. The van der Waals surface area contributed by atoms with Gasteiger partial charge in [0.2, 0.25) is 11.6 Å². The summed E-state index contributed by atoms with van der Waals surface area (Å²) in [5.41, 5.74) is 7.78. The van der Waals surface area contributed by atoms with Crippen LogP contribution in [0.25, 0.3) is 144 Å². The summed E-state index contributed by atoms with van der Waals surface area (Å²) in [6, 6.07) is 85.4. The van der Waals surface area contributed by atoms with Crippen molar-refractivity contribution in [2.45, 2.75) is 0 Å². The van der Waals surface area contributed by atoms with Gasteiger partial charge in [-0.2, -0.15) is 0 Å². The molecule has 14 aromatic rings. The molecule has 0 spiro atoms. The largest absolute Gasteiger partial charge is 0.208 e. The van der Waals surface area contributed by atoms with Gasteiger partial charge in [0.15, 0.2) is 23.3 Å². The Labute approximate surface area is 414 Å². The zero-order chi connectivity index (χ0) is 47.5. The van der Waals surface area contributed by atoms with Gasteiger partial charge >= 0.3 is 0 Å². The predicted molar refractivity (Wildman–Crippen MR) is 296 cm³/mol. The van der Waals surface area contributed by atoms with E-state index < -0.39 is 0 Å². The van der Waals surface area contributed by atoms with Crippen molar-refractivity contribution >= 4 is 64.6 Å². The van der Waals surface area contributed by atoms with Gasteiger partial charge in [0.1, 0.15) is 0 Å². The third kappa shape index (κ3) is 7.29. The first-order valence-corrected chi connectivity index (χ1v) is 24.2. The Morgan fingerprint density at radius 3 is 0.889 bits per heavy atom. The molecule has 334 valence electrons. The van der Waals surface area contributed by atoms with E-state index in [0.717, 1.165) is 87.6 Å². The summed E-state index contributed by atoms with van der Waals surface area (Å²) in [6.45, 7) is 0. The summed E-state index contributed by atoms with van der Waals surface area (Å²) in [4.78, 5) is 31.6. The smallest absolute Gasteiger partial charge is 0.202 e. The van der Waals surface area contributed by atoms with Crippen molar-refractivity contribution in [2.24, 2.45) is 0 Å². The monoisotopic (exact) mass is 916 g/mol. The highest BCUT2D eigenvalue weighted by Crippen LogP contribution is 2.44. The van der Waals surface area contributed by atoms with Crippen molar-refractivity contribution in [3.8, 4) is 79.5 Å². The molecular weight excluding hydrogens is 877 g/mol. The van der Waals surface area contributed by atoms with Gasteiger partial charge in [0.05, 0.1) is 0 Å². The second kappa shape index (κ2) is 17.0. The summed E-state index contributed by atoms with van der Waals surface area (Å²) in [5.74, 6) is 2.72. The molecule has 0 unspecified atom stereocenters. The number of nitrogens with zero attached hydrogens (tertiary/aromatic N) is 6. The van der Waals surface area contributed by atoms with Crippen LogP contribution in [0, 0.1) is 0 Å². The molecular formula is C66H40N6. The van der Waals surface area contributed by atoms with Crippen LogP contribution in [-0.2, 0) is 0 Å². The van der Waals surface area contributed by atoms with Crippen molar-refractivity contribution < 1.29 is 0 Å². The van der Waals surface area contributed by atoms with Crippen molar-refractivity contribution in [3.63, 3.8) is 0 Å². The topological polar surface area (TPSA) is 77.3 Å². The zero-order valence-corrected chi connectivity index (χ0v) is 38.8. The van der Waals surface area contributed by atoms with Gasteiger partial charge in [-0.1, -0.05) is 200 Å². The van der Waals surface area contributed by atoms with Gasteiger partial charge in [-0.15, -0.1) is 0 Å². The number of hydrogen-bond donors (Lipinski definition) is 0. The van der Waals surface area contributed by atoms with E-state index in [4.69, 9.17) is 29.9 Å². The molecule has 14 rings (SSSR count). The highest BCUT2D eigenvalue weighted by molar-refractivity contribution is 6.16. The van der Waals surface area contributed by atoms with Gasteiger partial charge in [0, 0.05) is 22.3 Å². The van der Waals surface area contributed by atoms with Crippen LogP contribution in [0.2, 0.25) is 0 Å². The van der Waals surface area contributed by atoms with Crippen LogP contribution in [0.15, 0.2) is 243 Å². The molecule has 0 amide bonds. The van der Waals surface area contributed by atoms with Crippen LogP contribution >= 0.6 is 0 Å². The van der Waals surface area contributed by atoms with Gasteiger partial charge in [-0.25, -0.2) is 29.9 Å². The van der Waals surface area contributed by atoms with E-state index in [1.807, 2.05) is 30.3 Å². The quantitative estimate of drug-likeness (QED) is 0.148. The molecule has 0 saturated carbocycles. The number of fused-ring (bicyclic) bond motifs is 6. The third-order valence-electron chi connectivity index (χ3n) is 13.8. The van der Waals surface area contributed by atoms with Gasteiger partial charge < -0.3 is 0 Å². The Hall–Kier alpha value is -9.78. The van der Waals surface area contributed by atoms with Crippen LogP contribution in [0.1, 0.15) is 0 Å². The lowest BCUT2D eigenvalue weighted by Gasteiger charge is -2.18. The lowest BCUT2D eigenvalue weighted by Crippen LogP contribution is -2.06. The second-order valence-corrected chi connectivity index (χ2v) is 18.3. The predicted octanol–water partition coefficient (Wildman–Crippen LogP) is 16.6. The van der Waals surface area contributed by atoms with Crippen molar-refractivity contribution in [1.29, 1.82) is 0 Å². The Kier molecular flexibility index (Phi) is 9.74. The molecule has 0 bridgehead atoms. The molecule has 12 aromatic carbocycles. The fourth-order valence-electron chi connectivity index (χ4n) is 10.4. The molecule has 72 heavy (non-hydrogen) atoms. The van der Waals surface area contributed by atoms with Gasteiger partial charge in [-0.3, -0.25) is 0 Å². The summed E-state index contributed by atoms with van der Waals surface area (Å²) < 4.78 is 0. The summed E-state index contributed by atoms with van der Waals surface area (Å²) in [7, 11) is 0. The number of benzene rings is 12. The van der Waals surface area contributed by atoms with E-state index in [9.17, 15) is 0 Å². The molecule has 2 aromatic heterocycles. The highest BCUT2D eigenvalue weighted by atomic mass is 15.1. The Morgan fingerprint density at radius 1 is 0.167 bits per heavy atom. The average Bonchev–Trinajstić information content (AvgIpc) is 3.45. The van der Waals surface area contributed by atoms with E-state index in [0.29, 0.717) is 34.9 Å². The summed E-state index contributed by atoms with van der Waals surface area (Å²) >= 11 is 0. The maximum Gasteiger partial charge on any atom is 0.202 e. The van der Waals surface area contributed by atoms with E-state index in [2.05, 4.69) is 212 Å². The number of hydrogen-bond acceptors (Lipinski definition) is 6. The minimum Gasteiger partial charge on any atom is -0.208 e. The fourth-order valence-corrected chi connectivity index (χ4v) is 10.4. The molecule has 2 heterocycles. The molecule has 0 atom stereocenters. The normalized spacial score (nSPS) is 11.6. The molecule has 6 nitrogen and oxygen atoms in total. The lowest BCUT2D eigenvalue weighted by atomic mass is 9.87. The number of aromatic nitrogens is 6. The first-order chi connectivity index (χ1) is 35.6. The molecule has 6 heteroatoms. The second-order valence-electron chi connectivity index (χ2n) is 18.3. The first kappa shape index (κ1) is 41.2. The van der Waals surface area contributed by atoms with Crippen molar-refractivity contribution in [3.05, 3.63) is 243 Å². The molecule has 0 saturated heterocycles. The maximum atomic E-state index is 5.41. The summed E-state index contributed by atoms with van der Waals surface area (Å²) in [6.07, 6.45) is 0. The Morgan fingerprint density at radius 2 is 0.472 bits per heavy atom. The Balaban J connectivity index is 1.06. The minimum absolute atomic E-state index is 0.337. The van der Waals surface area contributed by atoms with E-state index in [1.54, 1.807) is 0 Å². The van der Waals surface area contributed by atoms with Crippen LogP contribution in [0.4, 0.5) is 0 Å². The first-order valence-electron chi connectivity index (χ1n) is 24.2. The van der Waals surface area contributed by atoms with Crippen LogP contribution in [-0.4, -0.2) is 29.9 Å².